The number of ether oxygens (including phenoxy) is 1. The van der Waals surface area contributed by atoms with Gasteiger partial charge in [-0.1, -0.05) is 5.16 Å². The van der Waals surface area contributed by atoms with Crippen LogP contribution in [-0.2, 0) is 38.4 Å². The van der Waals surface area contributed by atoms with Crippen LogP contribution in [0.3, 0.4) is 0 Å². The van der Waals surface area contributed by atoms with Crippen molar-refractivity contribution >= 4 is 45.9 Å². The Morgan fingerprint density at radius 1 is 1.43 bits per heavy atom. The molecule has 0 bridgehead atoms. The number of carbonyl (C=O) groups excluding carboxylic acids is 4. The van der Waals surface area contributed by atoms with Crippen LogP contribution in [0.1, 0.15) is 32.4 Å². The van der Waals surface area contributed by atoms with Crippen molar-refractivity contribution in [3.05, 3.63) is 11.1 Å². The Kier molecular flexibility index (Phi) is 6.47. The van der Waals surface area contributed by atoms with Crippen LogP contribution in [-0.4, -0.2) is 64.5 Å². The van der Waals surface area contributed by atoms with E-state index in [-0.39, 0.29) is 42.1 Å². The Balaban J connectivity index is 1.62. The molecule has 162 valence electrons. The number of anilines is 1. The summed E-state index contributed by atoms with van der Waals surface area (Å²) < 4.78 is 4.77. The van der Waals surface area contributed by atoms with Crippen molar-refractivity contribution in [1.29, 1.82) is 0 Å². The number of aromatic nitrogens is 1. The van der Waals surface area contributed by atoms with Crippen LogP contribution < -0.4 is 11.1 Å². The van der Waals surface area contributed by atoms with Crippen LogP contribution in [0, 0.1) is 0 Å². The summed E-state index contributed by atoms with van der Waals surface area (Å²) >= 11 is 1.10. The van der Waals surface area contributed by atoms with Gasteiger partial charge in [0.1, 0.15) is 24.4 Å². The van der Waals surface area contributed by atoms with E-state index in [4.69, 9.17) is 25.0 Å². The number of esters is 1. The first-order valence-corrected chi connectivity index (χ1v) is 9.76. The second-order valence-corrected chi connectivity index (χ2v) is 7.40. The maximum atomic E-state index is 12.7. The third-order valence-electron chi connectivity index (χ3n) is 3.80. The number of cyclic esters (lactones) is 1. The maximum Gasteiger partial charge on any atom is 0.375 e. The van der Waals surface area contributed by atoms with Crippen molar-refractivity contribution in [2.75, 3.05) is 12.3 Å². The molecule has 3 N–H and O–H groups in total. The van der Waals surface area contributed by atoms with Crippen LogP contribution in [0.5, 0.6) is 0 Å². The number of nitrogens with two attached hydrogens (primary N) is 1. The van der Waals surface area contributed by atoms with Crippen LogP contribution >= 0.6 is 11.3 Å². The summed E-state index contributed by atoms with van der Waals surface area (Å²) in [6.45, 7) is 3.15. The minimum Gasteiger partial charge on any atom is -0.450 e. The molecule has 2 amide bonds. The van der Waals surface area contributed by atoms with Gasteiger partial charge < -0.3 is 25.5 Å². The monoisotopic (exact) mass is 441 g/mol. The first-order valence-electron chi connectivity index (χ1n) is 8.88. The highest BCUT2D eigenvalue weighted by atomic mass is 32.1. The summed E-state index contributed by atoms with van der Waals surface area (Å²) in [5.41, 5.74) is 5.59. The number of amides is 2. The lowest BCUT2D eigenvalue weighted by molar-refractivity contribution is -0.306. The fourth-order valence-electron chi connectivity index (χ4n) is 2.40. The van der Waals surface area contributed by atoms with E-state index in [0.29, 0.717) is 5.23 Å². The summed E-state index contributed by atoms with van der Waals surface area (Å²) in [4.78, 5) is 67.0. The van der Waals surface area contributed by atoms with E-state index in [1.807, 2.05) is 0 Å². The number of hydrogen-bond acceptors (Lipinski definition) is 12. The molecular weight excluding hydrogens is 422 g/mol. The van der Waals surface area contributed by atoms with Crippen LogP contribution in [0.4, 0.5) is 5.13 Å². The standard InChI is InChI=1S/C16H19N5O8S/c1-7(2)28-20-12(9-6-30-16(17)19-9)13(23)18-8-5-26-21(14(8)24)29-15(25)10-3-4-11(22)27-10/h6-8,10H,3-5H2,1-2H3,(H2,17,19)(H,18,23)/t8-,10?/m0/s1. The SMILES string of the molecule is CC(C)ON=C(C(=O)N[C@H]1CON(OC(=O)C2CCC(=O)O2)C1=O)c1csc(N)n1. The molecule has 2 fully saturated rings. The molecule has 0 radical (unpaired) electrons. The number of nitrogens with zero attached hydrogens (tertiary/aromatic N) is 3. The molecule has 14 heteroatoms. The molecule has 0 spiro atoms. The minimum absolute atomic E-state index is 0.0783. The molecule has 2 atom stereocenters. The molecule has 0 saturated carbocycles. The molecule has 13 nitrogen and oxygen atoms in total. The Labute approximate surface area is 174 Å². The van der Waals surface area contributed by atoms with E-state index in [1.54, 1.807) is 13.8 Å². The zero-order valence-electron chi connectivity index (χ0n) is 16.0. The van der Waals surface area contributed by atoms with E-state index in [9.17, 15) is 19.2 Å². The molecule has 0 aromatic carbocycles. The van der Waals surface area contributed by atoms with Crippen LogP contribution in [0.2, 0.25) is 0 Å². The van der Waals surface area contributed by atoms with Crippen molar-refractivity contribution in [2.24, 2.45) is 5.16 Å². The van der Waals surface area contributed by atoms with Crippen molar-refractivity contribution in [3.8, 4) is 0 Å². The van der Waals surface area contributed by atoms with Crippen LogP contribution in [0.15, 0.2) is 10.5 Å². The topological polar surface area (TPSA) is 172 Å². The highest BCUT2D eigenvalue weighted by Gasteiger charge is 2.41. The van der Waals surface area contributed by atoms with Gasteiger partial charge in [-0.25, -0.2) is 14.6 Å². The van der Waals surface area contributed by atoms with Gasteiger partial charge in [0.25, 0.3) is 5.91 Å². The van der Waals surface area contributed by atoms with E-state index in [1.165, 1.54) is 5.38 Å². The molecule has 2 aliphatic heterocycles. The molecule has 2 saturated heterocycles. The quantitative estimate of drug-likeness (QED) is 0.312. The summed E-state index contributed by atoms with van der Waals surface area (Å²) in [6, 6.07) is -1.16. The largest absolute Gasteiger partial charge is 0.450 e. The molecule has 3 rings (SSSR count). The summed E-state index contributed by atoms with van der Waals surface area (Å²) in [5.74, 6) is -3.08. The Hall–Kier alpha value is -3.26. The summed E-state index contributed by atoms with van der Waals surface area (Å²) in [5, 5.41) is 8.30. The number of nitrogen functional groups attached to an aromatic ring is 1. The molecule has 2 aliphatic rings. The molecule has 1 unspecified atom stereocenters. The van der Waals surface area contributed by atoms with Crippen molar-refractivity contribution < 1.29 is 38.4 Å². The maximum absolute atomic E-state index is 12.7. The normalized spacial score (nSPS) is 21.7. The van der Waals surface area contributed by atoms with Crippen molar-refractivity contribution in [1.82, 2.24) is 15.5 Å². The van der Waals surface area contributed by atoms with Gasteiger partial charge in [0, 0.05) is 18.2 Å². The average Bonchev–Trinajstić information content (AvgIpc) is 3.39. The molecule has 1 aromatic rings. The Morgan fingerprint density at radius 3 is 2.80 bits per heavy atom. The minimum atomic E-state index is -1.16. The number of hydroxylamine groups is 2. The number of carbonyl (C=O) groups is 4. The second-order valence-electron chi connectivity index (χ2n) is 6.51. The second kappa shape index (κ2) is 9.04. The molecule has 0 aliphatic carbocycles. The molecule has 1 aromatic heterocycles. The van der Waals surface area contributed by atoms with Gasteiger partial charge >= 0.3 is 17.8 Å². The number of thiazole rings is 1. The van der Waals surface area contributed by atoms with Crippen LogP contribution in [0.25, 0.3) is 0 Å². The third-order valence-corrected chi connectivity index (χ3v) is 4.47. The molecular formula is C16H19N5O8S. The van der Waals surface area contributed by atoms with E-state index in [2.05, 4.69) is 15.5 Å². The highest BCUT2D eigenvalue weighted by Crippen LogP contribution is 2.18. The lowest BCUT2D eigenvalue weighted by Crippen LogP contribution is -2.46. The number of nitrogens with one attached hydrogen (secondary N) is 1. The fraction of sp³-hybridized carbons (Fsp3) is 0.500. The number of rotatable bonds is 7. The lowest BCUT2D eigenvalue weighted by atomic mass is 10.2. The lowest BCUT2D eigenvalue weighted by Gasteiger charge is -2.15. The Morgan fingerprint density at radius 2 is 2.20 bits per heavy atom. The van der Waals surface area contributed by atoms with Gasteiger partial charge in [0.05, 0.1) is 0 Å². The van der Waals surface area contributed by atoms with Crippen molar-refractivity contribution in [2.45, 2.75) is 44.9 Å². The summed E-state index contributed by atoms with van der Waals surface area (Å²) in [7, 11) is 0. The van der Waals surface area contributed by atoms with Gasteiger partial charge in [-0.2, -0.15) is 0 Å². The smallest absolute Gasteiger partial charge is 0.375 e. The third kappa shape index (κ3) is 5.01. The van der Waals surface area contributed by atoms with Gasteiger partial charge in [-0.15, -0.1) is 11.3 Å². The fourth-order valence-corrected chi connectivity index (χ4v) is 2.94. The number of hydrogen-bond donors (Lipinski definition) is 2. The van der Waals surface area contributed by atoms with Gasteiger partial charge in [0.2, 0.25) is 6.10 Å². The van der Waals surface area contributed by atoms with E-state index >= 15 is 0 Å². The zero-order chi connectivity index (χ0) is 21.8. The summed E-state index contributed by atoms with van der Waals surface area (Å²) in [6.07, 6.45) is -1.19. The predicted octanol–water partition coefficient (Wildman–Crippen LogP) is -0.723. The van der Waals surface area contributed by atoms with Gasteiger partial charge in [-0.3, -0.25) is 14.4 Å². The van der Waals surface area contributed by atoms with E-state index < -0.39 is 35.9 Å². The average molecular weight is 441 g/mol. The first-order chi connectivity index (χ1) is 14.2. The molecule has 3 heterocycles. The Bertz CT molecular complexity index is 885. The predicted molar refractivity (Wildman–Crippen MR) is 99.2 cm³/mol. The van der Waals surface area contributed by atoms with Crippen molar-refractivity contribution in [3.63, 3.8) is 0 Å². The molecule has 30 heavy (non-hydrogen) atoms. The van der Waals surface area contributed by atoms with Gasteiger partial charge in [0.15, 0.2) is 10.8 Å². The van der Waals surface area contributed by atoms with E-state index in [0.717, 1.165) is 11.3 Å². The van der Waals surface area contributed by atoms with Gasteiger partial charge in [-0.05, 0) is 19.1 Å². The number of oxime groups is 1. The zero-order valence-corrected chi connectivity index (χ0v) is 16.8. The first kappa shape index (κ1) is 21.4. The highest BCUT2D eigenvalue weighted by molar-refractivity contribution is 7.13.